The van der Waals surface area contributed by atoms with Crippen LogP contribution in [0.2, 0.25) is 0 Å². The summed E-state index contributed by atoms with van der Waals surface area (Å²) >= 11 is 1.26. The van der Waals surface area contributed by atoms with Gasteiger partial charge in [-0.15, -0.1) is 0 Å². The van der Waals surface area contributed by atoms with Gasteiger partial charge in [0, 0.05) is 4.70 Å². The van der Waals surface area contributed by atoms with Gasteiger partial charge < -0.3 is 9.47 Å². The van der Waals surface area contributed by atoms with Crippen molar-refractivity contribution in [1.82, 2.24) is 0 Å². The van der Waals surface area contributed by atoms with Crippen LogP contribution in [-0.4, -0.2) is 18.8 Å². The Morgan fingerprint density at radius 3 is 2.45 bits per heavy atom. The molecule has 3 aromatic rings. The quantitative estimate of drug-likeness (QED) is 0.349. The number of thiophene rings is 1. The van der Waals surface area contributed by atoms with Crippen molar-refractivity contribution in [3.05, 3.63) is 54.1 Å². The molecule has 0 amide bonds. The minimum Gasteiger partial charge on any atom is -0.421 e. The molecule has 1 aliphatic heterocycles. The average Bonchev–Trinajstić information content (AvgIpc) is 3.16. The highest BCUT2D eigenvalue weighted by atomic mass is 32.1. The molecule has 4 rings (SSSR count). The first-order valence-corrected chi connectivity index (χ1v) is 12.1. The highest BCUT2D eigenvalue weighted by molar-refractivity contribution is 7.20. The Labute approximate surface area is 187 Å². The highest BCUT2D eigenvalue weighted by Crippen LogP contribution is 2.40. The van der Waals surface area contributed by atoms with E-state index in [1.54, 1.807) is 6.07 Å². The van der Waals surface area contributed by atoms with Crippen LogP contribution in [0.5, 0.6) is 5.06 Å². The van der Waals surface area contributed by atoms with E-state index in [9.17, 15) is 8.78 Å². The van der Waals surface area contributed by atoms with Crippen LogP contribution in [-0.2, 0) is 11.2 Å². The molecule has 2 atom stereocenters. The second-order valence-electron chi connectivity index (χ2n) is 8.48. The van der Waals surface area contributed by atoms with E-state index >= 15 is 0 Å². The molecule has 2 heterocycles. The Morgan fingerprint density at radius 1 is 1.00 bits per heavy atom. The Hall–Kier alpha value is -1.98. The van der Waals surface area contributed by atoms with Crippen LogP contribution in [0.1, 0.15) is 51.5 Å². The number of fused-ring (bicyclic) bond motifs is 1. The summed E-state index contributed by atoms with van der Waals surface area (Å²) in [5.74, 6) is 0.385. The van der Waals surface area contributed by atoms with Crippen LogP contribution in [0.4, 0.5) is 8.78 Å². The summed E-state index contributed by atoms with van der Waals surface area (Å²) in [5, 5.41) is 1.14. The predicted octanol–water partition coefficient (Wildman–Crippen LogP) is 8.09. The summed E-state index contributed by atoms with van der Waals surface area (Å²) in [5.41, 5.74) is 3.53. The van der Waals surface area contributed by atoms with Crippen LogP contribution in [0.15, 0.2) is 48.5 Å². The monoisotopic (exact) mass is 444 g/mol. The molecule has 166 valence electrons. The van der Waals surface area contributed by atoms with Crippen molar-refractivity contribution >= 4 is 21.4 Å². The highest BCUT2D eigenvalue weighted by Gasteiger charge is 2.45. The van der Waals surface area contributed by atoms with E-state index in [2.05, 4.69) is 38.1 Å². The fourth-order valence-corrected chi connectivity index (χ4v) is 5.28. The molecule has 0 radical (unpaired) electrons. The number of hydrogen-bond acceptors (Lipinski definition) is 3. The van der Waals surface area contributed by atoms with Gasteiger partial charge in [0.2, 0.25) is 0 Å². The SMILES string of the molecule is CCCc1ccc(-c2ccc3cc(OC(F)(F)C4CCC(CCC)CO4)sc3c2)cc1. The summed E-state index contributed by atoms with van der Waals surface area (Å²) in [7, 11) is 0. The van der Waals surface area contributed by atoms with Gasteiger partial charge in [-0.05, 0) is 65.8 Å². The lowest BCUT2D eigenvalue weighted by atomic mass is 9.94. The lowest BCUT2D eigenvalue weighted by Gasteiger charge is -2.33. The molecule has 1 aliphatic rings. The molecular weight excluding hydrogens is 414 g/mol. The number of hydrogen-bond donors (Lipinski definition) is 0. The van der Waals surface area contributed by atoms with Crippen LogP contribution in [0.25, 0.3) is 21.2 Å². The Balaban J connectivity index is 1.46. The molecule has 1 fully saturated rings. The van der Waals surface area contributed by atoms with Gasteiger partial charge in [-0.1, -0.05) is 74.4 Å². The zero-order chi connectivity index (χ0) is 21.8. The van der Waals surface area contributed by atoms with Gasteiger partial charge in [-0.3, -0.25) is 0 Å². The van der Waals surface area contributed by atoms with E-state index in [4.69, 9.17) is 9.47 Å². The third-order valence-electron chi connectivity index (χ3n) is 6.00. The number of ether oxygens (including phenoxy) is 2. The topological polar surface area (TPSA) is 18.5 Å². The van der Waals surface area contributed by atoms with Gasteiger partial charge in [0.1, 0.15) is 0 Å². The lowest BCUT2D eigenvalue weighted by Crippen LogP contribution is -2.44. The molecule has 2 nitrogen and oxygen atoms in total. The molecule has 5 heteroatoms. The molecule has 2 unspecified atom stereocenters. The molecule has 1 aromatic heterocycles. The van der Waals surface area contributed by atoms with E-state index in [1.807, 2.05) is 18.2 Å². The smallest absolute Gasteiger partial charge is 0.421 e. The molecule has 0 aliphatic carbocycles. The second-order valence-corrected chi connectivity index (χ2v) is 9.53. The van der Waals surface area contributed by atoms with Crippen molar-refractivity contribution in [1.29, 1.82) is 0 Å². The maximum Gasteiger partial charge on any atom is 0.425 e. The van der Waals surface area contributed by atoms with E-state index in [-0.39, 0.29) is 5.06 Å². The van der Waals surface area contributed by atoms with E-state index < -0.39 is 12.2 Å². The number of aryl methyl sites for hydroxylation is 1. The van der Waals surface area contributed by atoms with E-state index in [0.717, 1.165) is 53.3 Å². The van der Waals surface area contributed by atoms with Crippen LogP contribution < -0.4 is 4.74 Å². The molecule has 0 saturated carbocycles. The van der Waals surface area contributed by atoms with Crippen molar-refractivity contribution in [2.75, 3.05) is 6.61 Å². The predicted molar refractivity (Wildman–Crippen MR) is 124 cm³/mol. The number of alkyl halides is 2. The third kappa shape index (κ3) is 5.27. The molecule has 0 N–H and O–H groups in total. The first-order valence-electron chi connectivity index (χ1n) is 11.3. The van der Waals surface area contributed by atoms with Crippen molar-refractivity contribution in [2.45, 2.75) is 64.6 Å². The maximum absolute atomic E-state index is 14.7. The molecule has 0 bridgehead atoms. The largest absolute Gasteiger partial charge is 0.425 e. The van der Waals surface area contributed by atoms with Crippen molar-refractivity contribution in [2.24, 2.45) is 5.92 Å². The van der Waals surface area contributed by atoms with E-state index in [0.29, 0.717) is 18.9 Å². The number of rotatable bonds is 8. The lowest BCUT2D eigenvalue weighted by molar-refractivity contribution is -0.263. The fourth-order valence-electron chi connectivity index (χ4n) is 4.30. The molecule has 2 aromatic carbocycles. The summed E-state index contributed by atoms with van der Waals surface area (Å²) in [6.07, 6.45) is 0.878. The zero-order valence-electron chi connectivity index (χ0n) is 18.2. The molecule has 31 heavy (non-hydrogen) atoms. The summed E-state index contributed by atoms with van der Waals surface area (Å²) in [4.78, 5) is 0. The average molecular weight is 445 g/mol. The first-order chi connectivity index (χ1) is 15.0. The maximum atomic E-state index is 14.7. The normalized spacial score (nSPS) is 19.6. The van der Waals surface area contributed by atoms with Gasteiger partial charge in [0.15, 0.2) is 11.2 Å². The summed E-state index contributed by atoms with van der Waals surface area (Å²) in [6.45, 7) is 4.67. The van der Waals surface area contributed by atoms with Crippen molar-refractivity contribution in [3.63, 3.8) is 0 Å². The van der Waals surface area contributed by atoms with Gasteiger partial charge >= 0.3 is 6.11 Å². The molecular formula is C26H30F2O2S. The second kappa shape index (κ2) is 9.66. The number of halogens is 2. The van der Waals surface area contributed by atoms with Gasteiger partial charge in [-0.2, -0.15) is 8.78 Å². The zero-order valence-corrected chi connectivity index (χ0v) is 19.0. The Bertz CT molecular complexity index is 988. The minimum absolute atomic E-state index is 0.231. The molecule has 0 spiro atoms. The van der Waals surface area contributed by atoms with Crippen LogP contribution in [0, 0.1) is 5.92 Å². The minimum atomic E-state index is -3.32. The van der Waals surface area contributed by atoms with Crippen LogP contribution in [0.3, 0.4) is 0 Å². The fraction of sp³-hybridized carbons (Fsp3) is 0.462. The number of benzene rings is 2. The van der Waals surface area contributed by atoms with Crippen molar-refractivity contribution in [3.8, 4) is 16.2 Å². The van der Waals surface area contributed by atoms with Crippen molar-refractivity contribution < 1.29 is 18.3 Å². The van der Waals surface area contributed by atoms with Gasteiger partial charge in [-0.25, -0.2) is 0 Å². The molecule has 1 saturated heterocycles. The third-order valence-corrected chi connectivity index (χ3v) is 6.98. The summed E-state index contributed by atoms with van der Waals surface area (Å²) < 4.78 is 41.1. The van der Waals surface area contributed by atoms with Crippen LogP contribution >= 0.6 is 11.3 Å². The van der Waals surface area contributed by atoms with Gasteiger partial charge in [0.05, 0.1) is 6.61 Å². The van der Waals surface area contributed by atoms with Gasteiger partial charge in [0.25, 0.3) is 0 Å². The van der Waals surface area contributed by atoms with E-state index in [1.165, 1.54) is 16.9 Å². The first kappa shape index (κ1) is 22.2. The summed E-state index contributed by atoms with van der Waals surface area (Å²) in [6, 6.07) is 16.3. The standard InChI is InChI=1S/C26H30F2O2S/c1-3-5-18-7-10-20(11-8-18)21-12-13-22-16-25(31-23(22)15-21)30-26(27,28)24-14-9-19(6-4-2)17-29-24/h7-8,10-13,15-16,19,24H,3-6,9,14,17H2,1-2H3. The Morgan fingerprint density at radius 2 is 1.77 bits per heavy atom. The Kier molecular flexibility index (Phi) is 6.92.